The van der Waals surface area contributed by atoms with E-state index >= 15 is 0 Å². The van der Waals surface area contributed by atoms with Crippen LogP contribution in [-0.2, 0) is 6.54 Å². The molecule has 0 spiro atoms. The van der Waals surface area contributed by atoms with E-state index in [0.717, 1.165) is 5.56 Å². The zero-order valence-electron chi connectivity index (χ0n) is 11.4. The number of hydrogen-bond acceptors (Lipinski definition) is 1. The molecule has 0 aliphatic rings. The molecule has 4 heteroatoms. The summed E-state index contributed by atoms with van der Waals surface area (Å²) < 4.78 is 14.2. The lowest BCUT2D eigenvalue weighted by Crippen LogP contribution is -2.21. The number of hydrogen-bond donors (Lipinski definition) is 1. The fourth-order valence-corrected chi connectivity index (χ4v) is 2.32. The molecule has 0 radical (unpaired) electrons. The highest BCUT2D eigenvalue weighted by molar-refractivity contribution is 6.43. The molecule has 2 aromatic carbocycles. The van der Waals surface area contributed by atoms with Gasteiger partial charge in [-0.05, 0) is 17.7 Å². The van der Waals surface area contributed by atoms with Crippen molar-refractivity contribution in [1.29, 1.82) is 0 Å². The van der Waals surface area contributed by atoms with Crippen LogP contribution in [0.1, 0.15) is 19.4 Å². The summed E-state index contributed by atoms with van der Waals surface area (Å²) in [6.07, 6.45) is 0. The highest BCUT2D eigenvalue weighted by atomic mass is 35.5. The van der Waals surface area contributed by atoms with Gasteiger partial charge in [0.05, 0.1) is 10.0 Å². The normalized spacial score (nSPS) is 11.1. The lowest BCUT2D eigenvalue weighted by molar-refractivity contribution is 0.582. The van der Waals surface area contributed by atoms with E-state index in [0.29, 0.717) is 33.8 Å². The fourth-order valence-electron chi connectivity index (χ4n) is 1.92. The summed E-state index contributed by atoms with van der Waals surface area (Å²) in [6.45, 7) is 4.74. The van der Waals surface area contributed by atoms with E-state index in [1.54, 1.807) is 24.3 Å². The SMILES string of the molecule is CC(C)NCc1ccc(-c2cccc(Cl)c2Cl)c(F)c1. The first-order chi connectivity index (χ1) is 9.49. The predicted octanol–water partition coefficient (Wildman–Crippen LogP) is 5.30. The molecule has 0 saturated carbocycles. The van der Waals surface area contributed by atoms with E-state index in [1.165, 1.54) is 6.07 Å². The van der Waals surface area contributed by atoms with Crippen molar-refractivity contribution in [2.24, 2.45) is 0 Å². The summed E-state index contributed by atoms with van der Waals surface area (Å²) in [5.41, 5.74) is 1.98. The Bertz CT molecular complexity index is 611. The Morgan fingerprint density at radius 2 is 1.85 bits per heavy atom. The van der Waals surface area contributed by atoms with Crippen molar-refractivity contribution >= 4 is 23.2 Å². The molecule has 0 amide bonds. The maximum atomic E-state index is 14.2. The predicted molar refractivity (Wildman–Crippen MR) is 83.8 cm³/mol. The Hall–Kier alpha value is -1.09. The quantitative estimate of drug-likeness (QED) is 0.808. The van der Waals surface area contributed by atoms with Crippen LogP contribution in [0, 0.1) is 5.82 Å². The van der Waals surface area contributed by atoms with Crippen molar-refractivity contribution in [2.45, 2.75) is 26.4 Å². The molecular formula is C16H16Cl2FN. The minimum Gasteiger partial charge on any atom is -0.310 e. The Morgan fingerprint density at radius 1 is 1.10 bits per heavy atom. The Morgan fingerprint density at radius 3 is 2.50 bits per heavy atom. The molecule has 106 valence electrons. The maximum absolute atomic E-state index is 14.2. The summed E-state index contributed by atoms with van der Waals surface area (Å²) in [4.78, 5) is 0. The standard InChI is InChI=1S/C16H16Cl2FN/c1-10(2)20-9-11-6-7-12(15(19)8-11)13-4-3-5-14(17)16(13)18/h3-8,10,20H,9H2,1-2H3. The maximum Gasteiger partial charge on any atom is 0.131 e. The van der Waals surface area contributed by atoms with Crippen LogP contribution < -0.4 is 5.32 Å². The first-order valence-electron chi connectivity index (χ1n) is 6.45. The van der Waals surface area contributed by atoms with Crippen molar-refractivity contribution in [3.8, 4) is 11.1 Å². The van der Waals surface area contributed by atoms with Crippen molar-refractivity contribution < 1.29 is 4.39 Å². The Labute approximate surface area is 128 Å². The molecule has 0 aromatic heterocycles. The molecule has 0 bridgehead atoms. The van der Waals surface area contributed by atoms with Gasteiger partial charge in [0.15, 0.2) is 0 Å². The molecule has 0 fully saturated rings. The number of halogens is 3. The van der Waals surface area contributed by atoms with Gasteiger partial charge in [-0.2, -0.15) is 0 Å². The second kappa shape index (κ2) is 6.57. The van der Waals surface area contributed by atoms with Gasteiger partial charge in [-0.15, -0.1) is 0 Å². The average molecular weight is 312 g/mol. The van der Waals surface area contributed by atoms with Crippen molar-refractivity contribution in [2.75, 3.05) is 0 Å². The third kappa shape index (κ3) is 3.51. The third-order valence-electron chi connectivity index (χ3n) is 2.99. The first-order valence-corrected chi connectivity index (χ1v) is 7.21. The second-order valence-corrected chi connectivity index (χ2v) is 5.74. The molecule has 1 N–H and O–H groups in total. The molecule has 0 unspecified atom stereocenters. The molecule has 0 heterocycles. The van der Waals surface area contributed by atoms with Crippen LogP contribution in [0.15, 0.2) is 36.4 Å². The molecule has 2 rings (SSSR count). The van der Waals surface area contributed by atoms with Gasteiger partial charge in [-0.3, -0.25) is 0 Å². The Kier molecular flexibility index (Phi) is 5.03. The number of benzene rings is 2. The largest absolute Gasteiger partial charge is 0.310 e. The van der Waals surface area contributed by atoms with Crippen molar-refractivity contribution in [3.63, 3.8) is 0 Å². The van der Waals surface area contributed by atoms with Crippen LogP contribution in [0.5, 0.6) is 0 Å². The van der Waals surface area contributed by atoms with Gasteiger partial charge in [0, 0.05) is 23.7 Å². The molecule has 20 heavy (non-hydrogen) atoms. The zero-order valence-corrected chi connectivity index (χ0v) is 12.9. The average Bonchev–Trinajstić information content (AvgIpc) is 2.40. The van der Waals surface area contributed by atoms with Crippen LogP contribution in [0.2, 0.25) is 10.0 Å². The Balaban J connectivity index is 2.32. The van der Waals surface area contributed by atoms with E-state index in [4.69, 9.17) is 23.2 Å². The van der Waals surface area contributed by atoms with Gasteiger partial charge in [-0.1, -0.05) is 61.3 Å². The lowest BCUT2D eigenvalue weighted by Gasteiger charge is -2.11. The minimum absolute atomic E-state index is 0.294. The third-order valence-corrected chi connectivity index (χ3v) is 3.81. The smallest absolute Gasteiger partial charge is 0.131 e. The van der Waals surface area contributed by atoms with Gasteiger partial charge >= 0.3 is 0 Å². The van der Waals surface area contributed by atoms with Crippen LogP contribution in [0.25, 0.3) is 11.1 Å². The van der Waals surface area contributed by atoms with Crippen LogP contribution in [0.4, 0.5) is 4.39 Å². The molecule has 2 aromatic rings. The summed E-state index contributed by atoms with van der Waals surface area (Å²) in [6, 6.07) is 10.7. The number of nitrogens with one attached hydrogen (secondary N) is 1. The van der Waals surface area contributed by atoms with Crippen molar-refractivity contribution in [1.82, 2.24) is 5.32 Å². The van der Waals surface area contributed by atoms with E-state index < -0.39 is 0 Å². The first kappa shape index (κ1) is 15.3. The summed E-state index contributed by atoms with van der Waals surface area (Å²) in [7, 11) is 0. The van der Waals surface area contributed by atoms with E-state index in [-0.39, 0.29) is 5.82 Å². The van der Waals surface area contributed by atoms with Crippen LogP contribution in [-0.4, -0.2) is 6.04 Å². The van der Waals surface area contributed by atoms with Gasteiger partial charge < -0.3 is 5.32 Å². The molecule has 1 nitrogen and oxygen atoms in total. The fraction of sp³-hybridized carbons (Fsp3) is 0.250. The van der Waals surface area contributed by atoms with E-state index in [9.17, 15) is 4.39 Å². The van der Waals surface area contributed by atoms with Gasteiger partial charge in [0.2, 0.25) is 0 Å². The van der Waals surface area contributed by atoms with Crippen LogP contribution in [0.3, 0.4) is 0 Å². The highest BCUT2D eigenvalue weighted by Gasteiger charge is 2.11. The molecule has 0 aliphatic carbocycles. The highest BCUT2D eigenvalue weighted by Crippen LogP contribution is 2.34. The van der Waals surface area contributed by atoms with Gasteiger partial charge in [-0.25, -0.2) is 4.39 Å². The lowest BCUT2D eigenvalue weighted by atomic mass is 10.0. The van der Waals surface area contributed by atoms with Crippen molar-refractivity contribution in [3.05, 3.63) is 57.8 Å². The molecular weight excluding hydrogens is 296 g/mol. The van der Waals surface area contributed by atoms with E-state index in [2.05, 4.69) is 19.2 Å². The summed E-state index contributed by atoms with van der Waals surface area (Å²) >= 11 is 12.1. The van der Waals surface area contributed by atoms with Gasteiger partial charge in [0.1, 0.15) is 5.82 Å². The van der Waals surface area contributed by atoms with E-state index in [1.807, 2.05) is 6.07 Å². The molecule has 0 aliphatic heterocycles. The summed E-state index contributed by atoms with van der Waals surface area (Å²) in [5, 5.41) is 4.06. The summed E-state index contributed by atoms with van der Waals surface area (Å²) in [5.74, 6) is -0.294. The molecule has 0 saturated heterocycles. The van der Waals surface area contributed by atoms with Gasteiger partial charge in [0.25, 0.3) is 0 Å². The molecule has 0 atom stereocenters. The topological polar surface area (TPSA) is 12.0 Å². The second-order valence-electron chi connectivity index (χ2n) is 4.95. The monoisotopic (exact) mass is 311 g/mol. The number of rotatable bonds is 4. The van der Waals surface area contributed by atoms with Crippen LogP contribution >= 0.6 is 23.2 Å². The zero-order chi connectivity index (χ0) is 14.7. The minimum atomic E-state index is -0.294.